The zero-order valence-corrected chi connectivity index (χ0v) is 14.9. The minimum absolute atomic E-state index is 0.00964. The average Bonchev–Trinajstić information content (AvgIpc) is 2.56. The highest BCUT2D eigenvalue weighted by Gasteiger charge is 2.10. The third-order valence-electron chi connectivity index (χ3n) is 3.47. The van der Waals surface area contributed by atoms with Crippen LogP contribution in [0.25, 0.3) is 0 Å². The fraction of sp³-hybridized carbons (Fsp3) is 0.750. The number of hydrogen-bond acceptors (Lipinski definition) is 6. The molecule has 8 nitrogen and oxygen atoms in total. The summed E-state index contributed by atoms with van der Waals surface area (Å²) in [6.45, 7) is 9.37. The number of carbonyl (C=O) groups excluding carboxylic acids is 2. The first-order valence-corrected chi connectivity index (χ1v) is 8.48. The Morgan fingerprint density at radius 2 is 1.83 bits per heavy atom. The van der Waals surface area contributed by atoms with Crippen LogP contribution < -0.4 is 21.3 Å². The zero-order valence-electron chi connectivity index (χ0n) is 14.9. The molecule has 0 saturated heterocycles. The molecule has 2 amide bonds. The highest BCUT2D eigenvalue weighted by Crippen LogP contribution is 1.95. The van der Waals surface area contributed by atoms with E-state index in [2.05, 4.69) is 32.7 Å². The van der Waals surface area contributed by atoms with E-state index in [1.807, 2.05) is 6.92 Å². The zero-order chi connectivity index (χ0) is 18.2. The molecule has 0 rings (SSSR count). The van der Waals surface area contributed by atoms with E-state index in [1.165, 1.54) is 6.20 Å². The molecule has 0 radical (unpaired) electrons. The van der Waals surface area contributed by atoms with Gasteiger partial charge in [-0.1, -0.05) is 6.58 Å². The minimum Gasteiger partial charge on any atom is -0.374 e. The van der Waals surface area contributed by atoms with E-state index in [4.69, 9.17) is 0 Å². The third-order valence-corrected chi connectivity index (χ3v) is 3.47. The van der Waals surface area contributed by atoms with Gasteiger partial charge in [0.25, 0.3) is 0 Å². The number of amides is 2. The molecule has 0 aromatic heterocycles. The van der Waals surface area contributed by atoms with Gasteiger partial charge in [-0.3, -0.25) is 9.59 Å². The normalized spacial score (nSPS) is 11.8. The van der Waals surface area contributed by atoms with Crippen LogP contribution in [0.5, 0.6) is 0 Å². The molecule has 0 aliphatic rings. The van der Waals surface area contributed by atoms with Gasteiger partial charge in [-0.2, -0.15) is 0 Å². The van der Waals surface area contributed by atoms with Crippen molar-refractivity contribution in [2.24, 2.45) is 0 Å². The second-order valence-electron chi connectivity index (χ2n) is 5.39. The summed E-state index contributed by atoms with van der Waals surface area (Å²) in [6, 6.07) is 0. The number of nitrogens with one attached hydrogen (secondary N) is 4. The molecule has 0 heterocycles. The number of hydrogen-bond donors (Lipinski definition) is 5. The number of aliphatic hydroxyl groups is 1. The van der Waals surface area contributed by atoms with Crippen molar-refractivity contribution in [3.63, 3.8) is 0 Å². The molecule has 140 valence electrons. The van der Waals surface area contributed by atoms with Gasteiger partial charge in [-0.25, -0.2) is 0 Å². The molecule has 1 unspecified atom stereocenters. The molecular formula is C16H33N5O3. The maximum absolute atomic E-state index is 11.6. The SMILES string of the molecule is C=CNC(O)CCNCCN(CCC(=O)NC)CCC(=O)NCC. The summed E-state index contributed by atoms with van der Waals surface area (Å²) >= 11 is 0. The summed E-state index contributed by atoms with van der Waals surface area (Å²) in [6.07, 6.45) is 2.27. The van der Waals surface area contributed by atoms with Gasteiger partial charge >= 0.3 is 0 Å². The molecule has 0 aliphatic heterocycles. The van der Waals surface area contributed by atoms with Crippen LogP contribution in [-0.4, -0.2) is 74.4 Å². The third kappa shape index (κ3) is 12.9. The standard InChI is InChI=1S/C16H33N5O3/c1-4-19-15(23)6-9-18-10-13-21(11-7-14(22)17-3)12-8-16(24)20-5-2/h4,15,18-19,23H,1,5-13H2,2-3H3,(H,17,22)(H,20,24). The van der Waals surface area contributed by atoms with Crippen LogP contribution in [0.3, 0.4) is 0 Å². The van der Waals surface area contributed by atoms with E-state index < -0.39 is 6.23 Å². The first-order valence-electron chi connectivity index (χ1n) is 8.48. The van der Waals surface area contributed by atoms with E-state index in [0.29, 0.717) is 45.4 Å². The van der Waals surface area contributed by atoms with Gasteiger partial charge in [0.2, 0.25) is 11.8 Å². The molecule has 0 spiro atoms. The predicted molar refractivity (Wildman–Crippen MR) is 95.3 cm³/mol. The lowest BCUT2D eigenvalue weighted by Gasteiger charge is -2.22. The average molecular weight is 343 g/mol. The van der Waals surface area contributed by atoms with Gasteiger partial charge in [0.15, 0.2) is 0 Å². The molecule has 0 fully saturated rings. The number of nitrogens with zero attached hydrogens (tertiary/aromatic N) is 1. The highest BCUT2D eigenvalue weighted by molar-refractivity contribution is 5.76. The van der Waals surface area contributed by atoms with E-state index in [9.17, 15) is 14.7 Å². The van der Waals surface area contributed by atoms with Crippen LogP contribution in [0, 0.1) is 0 Å². The Balaban J connectivity index is 4.06. The molecule has 1 atom stereocenters. The molecule has 5 N–H and O–H groups in total. The van der Waals surface area contributed by atoms with Crippen molar-refractivity contribution in [2.45, 2.75) is 32.4 Å². The molecular weight excluding hydrogens is 310 g/mol. The molecule has 24 heavy (non-hydrogen) atoms. The van der Waals surface area contributed by atoms with Crippen LogP contribution in [0.4, 0.5) is 0 Å². The lowest BCUT2D eigenvalue weighted by molar-refractivity contribution is -0.121. The van der Waals surface area contributed by atoms with Crippen molar-refractivity contribution in [3.05, 3.63) is 12.8 Å². The van der Waals surface area contributed by atoms with Crippen LogP contribution >= 0.6 is 0 Å². The fourth-order valence-electron chi connectivity index (χ4n) is 2.09. The lowest BCUT2D eigenvalue weighted by Crippen LogP contribution is -2.38. The minimum atomic E-state index is -0.600. The number of rotatable bonds is 15. The Kier molecular flexibility index (Phi) is 13.9. The van der Waals surface area contributed by atoms with E-state index in [1.54, 1.807) is 7.05 Å². The van der Waals surface area contributed by atoms with E-state index in [0.717, 1.165) is 13.1 Å². The van der Waals surface area contributed by atoms with Gasteiger partial charge in [-0.05, 0) is 19.7 Å². The van der Waals surface area contributed by atoms with Gasteiger partial charge in [0, 0.05) is 59.0 Å². The topological polar surface area (TPSA) is 106 Å². The summed E-state index contributed by atoms with van der Waals surface area (Å²) in [5.74, 6) is 0.0126. The molecule has 0 aromatic rings. The van der Waals surface area contributed by atoms with Gasteiger partial charge in [0.1, 0.15) is 6.23 Å². The van der Waals surface area contributed by atoms with Crippen LogP contribution in [0.2, 0.25) is 0 Å². The predicted octanol–water partition coefficient (Wildman–Crippen LogP) is -1.02. The Labute approximate surface area is 145 Å². The number of carbonyl (C=O) groups is 2. The van der Waals surface area contributed by atoms with Crippen molar-refractivity contribution in [1.82, 2.24) is 26.2 Å². The van der Waals surface area contributed by atoms with Gasteiger partial charge in [0.05, 0.1) is 0 Å². The maximum Gasteiger partial charge on any atom is 0.221 e. The van der Waals surface area contributed by atoms with Crippen LogP contribution in [-0.2, 0) is 9.59 Å². The summed E-state index contributed by atoms with van der Waals surface area (Å²) in [5.41, 5.74) is 0. The fourth-order valence-corrected chi connectivity index (χ4v) is 2.09. The van der Waals surface area contributed by atoms with Crippen molar-refractivity contribution in [1.29, 1.82) is 0 Å². The van der Waals surface area contributed by atoms with Crippen molar-refractivity contribution < 1.29 is 14.7 Å². The van der Waals surface area contributed by atoms with Crippen molar-refractivity contribution in [3.8, 4) is 0 Å². The quantitative estimate of drug-likeness (QED) is 0.193. The Morgan fingerprint density at radius 3 is 2.42 bits per heavy atom. The molecule has 8 heteroatoms. The summed E-state index contributed by atoms with van der Waals surface area (Å²) in [5, 5.41) is 20.8. The first-order chi connectivity index (χ1) is 11.5. The molecule has 0 saturated carbocycles. The highest BCUT2D eigenvalue weighted by atomic mass is 16.3. The largest absolute Gasteiger partial charge is 0.374 e. The first kappa shape index (κ1) is 22.4. The lowest BCUT2D eigenvalue weighted by atomic mass is 10.3. The van der Waals surface area contributed by atoms with Crippen molar-refractivity contribution in [2.75, 3.05) is 46.3 Å². The summed E-state index contributed by atoms with van der Waals surface area (Å²) in [4.78, 5) is 25.1. The molecule has 0 aromatic carbocycles. The Morgan fingerprint density at radius 1 is 1.17 bits per heavy atom. The monoisotopic (exact) mass is 343 g/mol. The van der Waals surface area contributed by atoms with Crippen molar-refractivity contribution >= 4 is 11.8 Å². The van der Waals surface area contributed by atoms with E-state index >= 15 is 0 Å². The Bertz CT molecular complexity index is 366. The molecule has 0 bridgehead atoms. The smallest absolute Gasteiger partial charge is 0.221 e. The molecule has 0 aliphatic carbocycles. The van der Waals surface area contributed by atoms with Crippen LogP contribution in [0.15, 0.2) is 12.8 Å². The second-order valence-corrected chi connectivity index (χ2v) is 5.39. The van der Waals surface area contributed by atoms with E-state index in [-0.39, 0.29) is 11.8 Å². The summed E-state index contributed by atoms with van der Waals surface area (Å²) < 4.78 is 0. The summed E-state index contributed by atoms with van der Waals surface area (Å²) in [7, 11) is 1.62. The number of aliphatic hydroxyl groups excluding tert-OH is 1. The second kappa shape index (κ2) is 14.9. The Hall–Kier alpha value is -1.64. The van der Waals surface area contributed by atoms with Gasteiger partial charge < -0.3 is 31.3 Å². The van der Waals surface area contributed by atoms with Gasteiger partial charge in [-0.15, -0.1) is 0 Å². The van der Waals surface area contributed by atoms with Crippen LogP contribution in [0.1, 0.15) is 26.2 Å². The maximum atomic E-state index is 11.6.